The zero-order valence-electron chi connectivity index (χ0n) is 11.1. The van der Waals surface area contributed by atoms with Crippen molar-refractivity contribution in [2.75, 3.05) is 0 Å². The van der Waals surface area contributed by atoms with Gasteiger partial charge in [0.25, 0.3) is 0 Å². The normalized spacial score (nSPS) is 11.7. The van der Waals surface area contributed by atoms with E-state index in [0.717, 1.165) is 35.1 Å². The lowest BCUT2D eigenvalue weighted by Gasteiger charge is -1.97. The third-order valence-corrected chi connectivity index (χ3v) is 3.39. The summed E-state index contributed by atoms with van der Waals surface area (Å²) in [5.74, 6) is 0.855. The molecular weight excluding hydrogens is 270 g/mol. The summed E-state index contributed by atoms with van der Waals surface area (Å²) in [5, 5.41) is 12.6. The van der Waals surface area contributed by atoms with Crippen LogP contribution in [0.1, 0.15) is 24.7 Å². The van der Waals surface area contributed by atoms with Crippen LogP contribution in [-0.4, -0.2) is 26.1 Å². The van der Waals surface area contributed by atoms with Crippen molar-refractivity contribution in [2.45, 2.75) is 19.8 Å². The van der Waals surface area contributed by atoms with E-state index in [1.807, 2.05) is 30.6 Å². The lowest BCUT2D eigenvalue weighted by molar-refractivity contribution is 0.740. The highest BCUT2D eigenvalue weighted by Gasteiger charge is 2.04. The molecule has 5 nitrogen and oxygen atoms in total. The quantitative estimate of drug-likeness (QED) is 0.571. The van der Waals surface area contributed by atoms with Gasteiger partial charge in [0.1, 0.15) is 0 Å². The van der Waals surface area contributed by atoms with Crippen LogP contribution in [0.2, 0.25) is 0 Å². The molecule has 2 aromatic heterocycles. The molecule has 0 amide bonds. The van der Waals surface area contributed by atoms with Crippen molar-refractivity contribution in [3.05, 3.63) is 46.6 Å². The van der Waals surface area contributed by atoms with Crippen molar-refractivity contribution in [2.24, 2.45) is 5.10 Å². The predicted molar refractivity (Wildman–Crippen MR) is 82.7 cm³/mol. The Bertz CT molecular complexity index is 808. The minimum absolute atomic E-state index is 0.518. The Hall–Kier alpha value is -2.21. The van der Waals surface area contributed by atoms with Crippen molar-refractivity contribution in [1.82, 2.24) is 19.9 Å². The number of hydrogen-bond acceptors (Lipinski definition) is 3. The van der Waals surface area contributed by atoms with Crippen LogP contribution in [0, 0.1) is 4.77 Å². The fraction of sp³-hybridized carbons (Fsp3) is 0.214. The topological polar surface area (TPSA) is 61.8 Å². The molecule has 0 spiro atoms. The van der Waals surface area contributed by atoms with E-state index in [-0.39, 0.29) is 0 Å². The van der Waals surface area contributed by atoms with E-state index in [0.29, 0.717) is 4.77 Å². The van der Waals surface area contributed by atoms with Gasteiger partial charge in [-0.3, -0.25) is 5.10 Å². The van der Waals surface area contributed by atoms with Crippen LogP contribution >= 0.6 is 12.2 Å². The molecule has 0 radical (unpaired) electrons. The minimum atomic E-state index is 0.518. The molecule has 3 rings (SSSR count). The Morgan fingerprint density at radius 3 is 3.10 bits per heavy atom. The number of benzene rings is 1. The molecule has 0 saturated heterocycles. The van der Waals surface area contributed by atoms with E-state index in [2.05, 4.69) is 33.3 Å². The molecule has 0 unspecified atom stereocenters. The highest BCUT2D eigenvalue weighted by Crippen LogP contribution is 2.15. The van der Waals surface area contributed by atoms with E-state index in [1.165, 1.54) is 0 Å². The Morgan fingerprint density at radius 2 is 2.25 bits per heavy atom. The van der Waals surface area contributed by atoms with E-state index in [4.69, 9.17) is 12.2 Å². The highest BCUT2D eigenvalue weighted by molar-refractivity contribution is 7.71. The number of aromatic amines is 2. The number of aryl methyl sites for hydroxylation is 1. The van der Waals surface area contributed by atoms with Crippen molar-refractivity contribution in [3.8, 4) is 0 Å². The fourth-order valence-corrected chi connectivity index (χ4v) is 2.35. The largest absolute Gasteiger partial charge is 0.361 e. The van der Waals surface area contributed by atoms with E-state index < -0.39 is 0 Å². The summed E-state index contributed by atoms with van der Waals surface area (Å²) < 4.78 is 2.20. The van der Waals surface area contributed by atoms with Crippen LogP contribution in [0.5, 0.6) is 0 Å². The molecule has 0 aliphatic heterocycles. The third-order valence-electron chi connectivity index (χ3n) is 3.12. The first-order chi connectivity index (χ1) is 9.79. The van der Waals surface area contributed by atoms with Gasteiger partial charge in [-0.05, 0) is 24.7 Å². The van der Waals surface area contributed by atoms with Gasteiger partial charge in [0.15, 0.2) is 5.82 Å². The Kier molecular flexibility index (Phi) is 3.47. The summed E-state index contributed by atoms with van der Waals surface area (Å²) in [7, 11) is 0. The molecule has 20 heavy (non-hydrogen) atoms. The molecule has 0 atom stereocenters. The first-order valence-corrected chi connectivity index (χ1v) is 6.97. The molecule has 2 N–H and O–H groups in total. The molecule has 0 bridgehead atoms. The number of rotatable bonds is 4. The van der Waals surface area contributed by atoms with Gasteiger partial charge in [0.05, 0.1) is 6.21 Å². The van der Waals surface area contributed by atoms with Gasteiger partial charge < -0.3 is 4.98 Å². The van der Waals surface area contributed by atoms with Crippen molar-refractivity contribution in [3.63, 3.8) is 0 Å². The highest BCUT2D eigenvalue weighted by atomic mass is 32.1. The lowest BCUT2D eigenvalue weighted by Crippen LogP contribution is -1.98. The number of H-pyrrole nitrogens is 2. The molecule has 0 aliphatic carbocycles. The van der Waals surface area contributed by atoms with E-state index >= 15 is 0 Å². The Labute approximate surface area is 121 Å². The molecule has 0 saturated carbocycles. The summed E-state index contributed by atoms with van der Waals surface area (Å²) in [6, 6.07) is 8.12. The molecule has 0 aliphatic rings. The zero-order chi connectivity index (χ0) is 13.9. The summed E-state index contributed by atoms with van der Waals surface area (Å²) in [4.78, 5) is 3.22. The fourth-order valence-electron chi connectivity index (χ4n) is 2.15. The average Bonchev–Trinajstić information content (AvgIpc) is 3.02. The molecule has 102 valence electrons. The monoisotopic (exact) mass is 285 g/mol. The number of aromatic nitrogens is 4. The second kappa shape index (κ2) is 5.42. The number of fused-ring (bicyclic) bond motifs is 1. The Morgan fingerprint density at radius 1 is 1.40 bits per heavy atom. The number of nitrogens with zero attached hydrogens (tertiary/aromatic N) is 3. The third kappa shape index (κ3) is 2.30. The number of para-hydroxylation sites is 1. The van der Waals surface area contributed by atoms with Gasteiger partial charge in [0.2, 0.25) is 4.77 Å². The zero-order valence-corrected chi connectivity index (χ0v) is 11.9. The van der Waals surface area contributed by atoms with Gasteiger partial charge in [-0.2, -0.15) is 14.9 Å². The molecule has 6 heteroatoms. The second-order valence-corrected chi connectivity index (χ2v) is 4.93. The maximum Gasteiger partial charge on any atom is 0.216 e. The molecule has 2 heterocycles. The van der Waals surface area contributed by atoms with Crippen LogP contribution in [0.4, 0.5) is 0 Å². The summed E-state index contributed by atoms with van der Waals surface area (Å²) >= 11 is 5.20. The van der Waals surface area contributed by atoms with Crippen LogP contribution in [0.15, 0.2) is 35.6 Å². The van der Waals surface area contributed by atoms with Gasteiger partial charge in [0, 0.05) is 29.1 Å². The van der Waals surface area contributed by atoms with Gasteiger partial charge in [-0.1, -0.05) is 25.1 Å². The smallest absolute Gasteiger partial charge is 0.216 e. The van der Waals surface area contributed by atoms with Gasteiger partial charge in [-0.25, -0.2) is 0 Å². The summed E-state index contributed by atoms with van der Waals surface area (Å²) in [6.45, 7) is 2.10. The molecule has 3 aromatic rings. The Balaban J connectivity index is 1.98. The van der Waals surface area contributed by atoms with Gasteiger partial charge in [-0.15, -0.1) is 0 Å². The van der Waals surface area contributed by atoms with Crippen molar-refractivity contribution < 1.29 is 0 Å². The van der Waals surface area contributed by atoms with E-state index in [1.54, 1.807) is 4.68 Å². The summed E-state index contributed by atoms with van der Waals surface area (Å²) in [6.07, 6.45) is 5.60. The van der Waals surface area contributed by atoms with Crippen LogP contribution in [-0.2, 0) is 6.42 Å². The minimum Gasteiger partial charge on any atom is -0.361 e. The van der Waals surface area contributed by atoms with E-state index in [9.17, 15) is 0 Å². The van der Waals surface area contributed by atoms with Crippen LogP contribution in [0.3, 0.4) is 0 Å². The SMILES string of the molecule is CCCc1n[nH]c(=S)n1/N=C\c1c[nH]c2ccccc12. The summed E-state index contributed by atoms with van der Waals surface area (Å²) in [5.41, 5.74) is 2.13. The second-order valence-electron chi connectivity index (χ2n) is 4.54. The maximum absolute atomic E-state index is 5.20. The average molecular weight is 285 g/mol. The number of nitrogens with one attached hydrogen (secondary N) is 2. The van der Waals surface area contributed by atoms with Crippen LogP contribution < -0.4 is 0 Å². The maximum atomic E-state index is 5.20. The van der Waals surface area contributed by atoms with Gasteiger partial charge >= 0.3 is 0 Å². The van der Waals surface area contributed by atoms with Crippen molar-refractivity contribution >= 4 is 29.3 Å². The van der Waals surface area contributed by atoms with Crippen LogP contribution in [0.25, 0.3) is 10.9 Å². The molecule has 1 aromatic carbocycles. The number of hydrogen-bond donors (Lipinski definition) is 2. The predicted octanol–water partition coefficient (Wildman–Crippen LogP) is 3.26. The lowest BCUT2D eigenvalue weighted by atomic mass is 10.2. The standard InChI is InChI=1S/C14H15N5S/c1-2-5-13-17-18-14(20)19(13)16-9-10-8-15-12-7-4-3-6-11(10)12/h3-4,6-9,15H,2,5H2,1H3,(H,18,20)/b16-9-. The van der Waals surface area contributed by atoms with Crippen molar-refractivity contribution in [1.29, 1.82) is 0 Å². The first-order valence-electron chi connectivity index (χ1n) is 6.56. The first kappa shape index (κ1) is 12.8. The molecular formula is C14H15N5S. The molecule has 0 fully saturated rings.